The molecule has 0 radical (unpaired) electrons. The molecule has 31 heavy (non-hydrogen) atoms. The van der Waals surface area contributed by atoms with Crippen molar-refractivity contribution < 1.29 is 4.79 Å². The molecule has 1 atom stereocenters. The molecule has 2 aromatic rings. The zero-order chi connectivity index (χ0) is 22.1. The lowest BCUT2D eigenvalue weighted by atomic mass is 10.1. The highest BCUT2D eigenvalue weighted by Gasteiger charge is 2.33. The second kappa shape index (κ2) is 8.93. The van der Waals surface area contributed by atoms with E-state index in [-0.39, 0.29) is 6.04 Å². The van der Waals surface area contributed by atoms with E-state index in [4.69, 9.17) is 16.6 Å². The van der Waals surface area contributed by atoms with Gasteiger partial charge in [-0.15, -0.1) is 0 Å². The summed E-state index contributed by atoms with van der Waals surface area (Å²) >= 11 is 6.51. The van der Waals surface area contributed by atoms with Crippen molar-refractivity contribution in [2.45, 2.75) is 45.6 Å². The lowest BCUT2D eigenvalue weighted by molar-refractivity contribution is -0.106. The van der Waals surface area contributed by atoms with E-state index in [1.807, 2.05) is 32.2 Å². The summed E-state index contributed by atoms with van der Waals surface area (Å²) in [7, 11) is 1.78. The molecular formula is C23H29ClN6O. The molecule has 8 heteroatoms. The molecule has 2 fully saturated rings. The van der Waals surface area contributed by atoms with E-state index in [9.17, 15) is 4.79 Å². The Labute approximate surface area is 188 Å². The fourth-order valence-electron chi connectivity index (χ4n) is 4.22. The SMILES string of the molecule is CN=C(c1cc(Cl)c(C)nc1N(C=O)c1c(C)ccnc1C1CC1)N1CCNCC1C. The first-order valence-corrected chi connectivity index (χ1v) is 11.2. The van der Waals surface area contributed by atoms with Gasteiger partial charge in [0.1, 0.15) is 5.84 Å². The van der Waals surface area contributed by atoms with Crippen LogP contribution in [0.1, 0.15) is 48.2 Å². The topological polar surface area (TPSA) is 73.7 Å². The highest BCUT2D eigenvalue weighted by atomic mass is 35.5. The minimum atomic E-state index is 0.257. The van der Waals surface area contributed by atoms with E-state index in [1.165, 1.54) is 0 Å². The summed E-state index contributed by atoms with van der Waals surface area (Å²) in [5.74, 6) is 1.72. The van der Waals surface area contributed by atoms with E-state index < -0.39 is 0 Å². The second-order valence-corrected chi connectivity index (χ2v) is 8.74. The molecule has 0 spiro atoms. The van der Waals surface area contributed by atoms with Crippen LogP contribution in [0.2, 0.25) is 5.02 Å². The Hall–Kier alpha value is -2.51. The monoisotopic (exact) mass is 440 g/mol. The number of pyridine rings is 2. The molecule has 1 saturated heterocycles. The summed E-state index contributed by atoms with van der Waals surface area (Å²) < 4.78 is 0. The standard InChI is InChI=1S/C23H29ClN6O/c1-14-7-8-27-20(17-5-6-17)21(14)30(13-31)23-18(11-19(24)16(3)28-23)22(25-4)29-10-9-26-12-15(29)2/h7-8,11,13,15,17,26H,5-6,9-10,12H2,1-4H3. The van der Waals surface area contributed by atoms with E-state index >= 15 is 0 Å². The van der Waals surface area contributed by atoms with Crippen LogP contribution in [0.15, 0.2) is 23.3 Å². The summed E-state index contributed by atoms with van der Waals surface area (Å²) in [5, 5.41) is 3.97. The van der Waals surface area contributed by atoms with Crippen molar-refractivity contribution in [3.8, 4) is 0 Å². The van der Waals surface area contributed by atoms with Gasteiger partial charge in [0.15, 0.2) is 5.82 Å². The summed E-state index contributed by atoms with van der Waals surface area (Å²) in [4.78, 5) is 30.4. The predicted octanol–water partition coefficient (Wildman–Crippen LogP) is 3.59. The molecule has 3 heterocycles. The molecule has 1 aliphatic heterocycles. The van der Waals surface area contributed by atoms with Crippen molar-refractivity contribution in [1.29, 1.82) is 0 Å². The lowest BCUT2D eigenvalue weighted by Gasteiger charge is -2.37. The number of nitrogens with one attached hydrogen (secondary N) is 1. The zero-order valence-corrected chi connectivity index (χ0v) is 19.3. The average molecular weight is 441 g/mol. The number of halogens is 1. The summed E-state index contributed by atoms with van der Waals surface area (Å²) in [5.41, 5.74) is 4.20. The first-order valence-electron chi connectivity index (χ1n) is 10.8. The van der Waals surface area contributed by atoms with Gasteiger partial charge in [-0.05, 0) is 51.3 Å². The third-order valence-corrected chi connectivity index (χ3v) is 6.43. The summed E-state index contributed by atoms with van der Waals surface area (Å²) in [6.45, 7) is 8.58. The van der Waals surface area contributed by atoms with Crippen molar-refractivity contribution >= 4 is 35.4 Å². The molecule has 7 nitrogen and oxygen atoms in total. The van der Waals surface area contributed by atoms with Crippen LogP contribution in [0.25, 0.3) is 0 Å². The van der Waals surface area contributed by atoms with Gasteiger partial charge in [0.2, 0.25) is 6.41 Å². The molecule has 1 saturated carbocycles. The summed E-state index contributed by atoms with van der Waals surface area (Å²) in [6.07, 6.45) is 4.84. The van der Waals surface area contributed by atoms with E-state index in [0.29, 0.717) is 22.5 Å². The van der Waals surface area contributed by atoms with E-state index in [0.717, 1.165) is 67.2 Å². The summed E-state index contributed by atoms with van der Waals surface area (Å²) in [6, 6.07) is 4.08. The maximum absolute atomic E-state index is 12.5. The van der Waals surface area contributed by atoms with Crippen molar-refractivity contribution in [2.24, 2.45) is 4.99 Å². The van der Waals surface area contributed by atoms with Gasteiger partial charge in [-0.25, -0.2) is 4.98 Å². The normalized spacial score (nSPS) is 19.5. The number of aliphatic imine (C=N–C) groups is 1. The lowest BCUT2D eigenvalue weighted by Crippen LogP contribution is -2.52. The number of hydrogen-bond acceptors (Lipinski definition) is 5. The Morgan fingerprint density at radius 2 is 2.16 bits per heavy atom. The van der Waals surface area contributed by atoms with Crippen molar-refractivity contribution in [3.63, 3.8) is 0 Å². The molecule has 0 bridgehead atoms. The molecule has 1 unspecified atom stereocenters. The van der Waals surface area contributed by atoms with E-state index in [1.54, 1.807) is 11.9 Å². The molecule has 0 aromatic carbocycles. The highest BCUT2D eigenvalue weighted by molar-refractivity contribution is 6.31. The second-order valence-electron chi connectivity index (χ2n) is 8.33. The Bertz CT molecular complexity index is 1020. The predicted molar refractivity (Wildman–Crippen MR) is 125 cm³/mol. The smallest absolute Gasteiger partial charge is 0.219 e. The first-order chi connectivity index (χ1) is 15.0. The third-order valence-electron chi connectivity index (χ3n) is 6.05. The van der Waals surface area contributed by atoms with Crippen LogP contribution in [-0.4, -0.2) is 59.8 Å². The van der Waals surface area contributed by atoms with Gasteiger partial charge in [-0.1, -0.05) is 11.6 Å². The highest BCUT2D eigenvalue weighted by Crippen LogP contribution is 2.45. The molecule has 2 aromatic heterocycles. The van der Waals surface area contributed by atoms with Crippen LogP contribution in [0.4, 0.5) is 11.5 Å². The fraction of sp³-hybridized carbons (Fsp3) is 0.478. The Morgan fingerprint density at radius 3 is 2.81 bits per heavy atom. The van der Waals surface area contributed by atoms with Gasteiger partial charge in [0, 0.05) is 44.8 Å². The third kappa shape index (κ3) is 4.16. The number of hydrogen-bond donors (Lipinski definition) is 1. The molecular weight excluding hydrogens is 412 g/mol. The number of piperazine rings is 1. The zero-order valence-electron chi connectivity index (χ0n) is 18.5. The van der Waals surface area contributed by atoms with Crippen molar-refractivity contribution in [2.75, 3.05) is 31.6 Å². The molecule has 1 N–H and O–H groups in total. The van der Waals surface area contributed by atoms with Gasteiger partial charge >= 0.3 is 0 Å². The number of carbonyl (C=O) groups excluding carboxylic acids is 1. The largest absolute Gasteiger partial charge is 0.351 e. The van der Waals surface area contributed by atoms with Crippen LogP contribution in [0.3, 0.4) is 0 Å². The number of nitrogens with zero attached hydrogens (tertiary/aromatic N) is 5. The number of amidine groups is 1. The van der Waals surface area contributed by atoms with Gasteiger partial charge in [-0.3, -0.25) is 19.7 Å². The number of carbonyl (C=O) groups is 1. The van der Waals surface area contributed by atoms with Gasteiger partial charge in [-0.2, -0.15) is 0 Å². The Balaban J connectivity index is 1.89. The maximum Gasteiger partial charge on any atom is 0.219 e. The molecule has 164 valence electrons. The quantitative estimate of drug-likeness (QED) is 0.437. The molecule has 4 rings (SSSR count). The van der Waals surface area contributed by atoms with Crippen LogP contribution in [0.5, 0.6) is 0 Å². The van der Waals surface area contributed by atoms with Gasteiger partial charge in [0.05, 0.1) is 27.7 Å². The molecule has 1 aliphatic carbocycles. The van der Waals surface area contributed by atoms with Gasteiger partial charge in [0.25, 0.3) is 0 Å². The minimum Gasteiger partial charge on any atom is -0.351 e. The Kier molecular flexibility index (Phi) is 6.25. The molecule has 1 amide bonds. The number of aromatic nitrogens is 2. The van der Waals surface area contributed by atoms with Crippen LogP contribution >= 0.6 is 11.6 Å². The number of aryl methyl sites for hydroxylation is 2. The first kappa shape index (κ1) is 21.7. The number of amides is 1. The van der Waals surface area contributed by atoms with Crippen molar-refractivity contribution in [1.82, 2.24) is 20.2 Å². The molecule has 2 aliphatic rings. The average Bonchev–Trinajstić information content (AvgIpc) is 3.60. The Morgan fingerprint density at radius 1 is 1.39 bits per heavy atom. The van der Waals surface area contributed by atoms with Crippen LogP contribution in [-0.2, 0) is 4.79 Å². The van der Waals surface area contributed by atoms with Crippen LogP contribution < -0.4 is 10.2 Å². The number of rotatable bonds is 5. The van der Waals surface area contributed by atoms with Crippen molar-refractivity contribution in [3.05, 3.63) is 45.9 Å². The minimum absolute atomic E-state index is 0.257. The number of anilines is 2. The van der Waals surface area contributed by atoms with Gasteiger partial charge < -0.3 is 10.2 Å². The van der Waals surface area contributed by atoms with E-state index in [2.05, 4.69) is 27.1 Å². The maximum atomic E-state index is 12.5. The van der Waals surface area contributed by atoms with Crippen LogP contribution in [0, 0.1) is 13.8 Å². The fourth-order valence-corrected chi connectivity index (χ4v) is 4.38.